The fourth-order valence-electron chi connectivity index (χ4n) is 7.48. The second-order valence-electron chi connectivity index (χ2n) is 11.8. The van der Waals surface area contributed by atoms with Gasteiger partial charge in [0.2, 0.25) is 0 Å². The summed E-state index contributed by atoms with van der Waals surface area (Å²) in [6.07, 6.45) is 18.5. The molecule has 0 amide bonds. The van der Waals surface area contributed by atoms with E-state index in [9.17, 15) is 5.11 Å². The second-order valence-corrected chi connectivity index (χ2v) is 11.8. The van der Waals surface area contributed by atoms with Crippen LogP contribution in [0.25, 0.3) is 0 Å². The monoisotopic (exact) mass is 396 g/mol. The lowest BCUT2D eigenvalue weighted by Crippen LogP contribution is -2.48. The maximum atomic E-state index is 10.2. The normalized spacial score (nSPS) is 44.0. The summed E-state index contributed by atoms with van der Waals surface area (Å²) in [4.78, 5) is 0. The van der Waals surface area contributed by atoms with Crippen molar-refractivity contribution in [3.8, 4) is 0 Å². The Bertz CT molecular complexity index is 712. The van der Waals surface area contributed by atoms with Gasteiger partial charge in [-0.1, -0.05) is 71.4 Å². The Hall–Kier alpha value is -0.820. The molecule has 2 fully saturated rings. The maximum absolute atomic E-state index is 10.2. The van der Waals surface area contributed by atoms with Gasteiger partial charge in [0, 0.05) is 0 Å². The third kappa shape index (κ3) is 3.50. The van der Waals surface area contributed by atoms with Gasteiger partial charge in [0.1, 0.15) is 0 Å². The van der Waals surface area contributed by atoms with E-state index in [1.807, 2.05) is 0 Å². The Morgan fingerprint density at radius 1 is 1.03 bits per heavy atom. The van der Waals surface area contributed by atoms with Crippen LogP contribution in [0.15, 0.2) is 35.5 Å². The lowest BCUT2D eigenvalue weighted by molar-refractivity contribution is -0.0372. The zero-order valence-corrected chi connectivity index (χ0v) is 19.7. The smallest absolute Gasteiger partial charge is 0.0543 e. The number of hydrogen-bond donors (Lipinski definition) is 1. The standard InChI is InChI=1S/C28H44O/c1-18(2)19(3)7-8-20(4)24-11-12-25-23-10-9-21-17-22(29)13-15-27(21,5)26(23)14-16-28(24,25)6/h7-8,11-12,18-22,24,26,29H,9-10,13-17H2,1-6H3/b8-7+/t19-,20+,21?,22?,24+,26-,27-,28+/m0/s1. The lowest BCUT2D eigenvalue weighted by atomic mass is 9.48. The van der Waals surface area contributed by atoms with E-state index < -0.39 is 0 Å². The molecule has 0 radical (unpaired) electrons. The van der Waals surface area contributed by atoms with Crippen molar-refractivity contribution < 1.29 is 5.11 Å². The minimum Gasteiger partial charge on any atom is -0.393 e. The maximum Gasteiger partial charge on any atom is 0.0543 e. The number of fused-ring (bicyclic) bond motifs is 4. The molecule has 1 N–H and O–H groups in total. The highest BCUT2D eigenvalue weighted by Gasteiger charge is 2.54. The van der Waals surface area contributed by atoms with E-state index in [0.717, 1.165) is 24.7 Å². The van der Waals surface area contributed by atoms with Crippen LogP contribution in [-0.2, 0) is 0 Å². The molecule has 0 saturated heterocycles. The van der Waals surface area contributed by atoms with Crippen LogP contribution in [0.1, 0.15) is 86.5 Å². The summed E-state index contributed by atoms with van der Waals surface area (Å²) in [6, 6.07) is 0. The molecule has 29 heavy (non-hydrogen) atoms. The minimum absolute atomic E-state index is 0.0484. The van der Waals surface area contributed by atoms with E-state index in [1.165, 1.54) is 32.1 Å². The summed E-state index contributed by atoms with van der Waals surface area (Å²) >= 11 is 0. The zero-order chi connectivity index (χ0) is 21.0. The third-order valence-corrected chi connectivity index (χ3v) is 9.94. The SMILES string of the molecule is CC(C)[C@@H](C)/C=C/[C@@H](C)[C@H]1C=CC2=C3CCC4CC(O)CC[C@]4(C)[C@H]3CC[C@@]21C. The van der Waals surface area contributed by atoms with Crippen molar-refractivity contribution in [2.75, 3.05) is 0 Å². The van der Waals surface area contributed by atoms with Gasteiger partial charge in [-0.15, -0.1) is 0 Å². The summed E-state index contributed by atoms with van der Waals surface area (Å²) in [7, 11) is 0. The van der Waals surface area contributed by atoms with Crippen LogP contribution in [-0.4, -0.2) is 11.2 Å². The van der Waals surface area contributed by atoms with E-state index >= 15 is 0 Å². The van der Waals surface area contributed by atoms with Gasteiger partial charge in [0.15, 0.2) is 0 Å². The molecule has 4 aliphatic rings. The minimum atomic E-state index is -0.0484. The van der Waals surface area contributed by atoms with Crippen molar-refractivity contribution in [1.82, 2.24) is 0 Å². The molecular weight excluding hydrogens is 352 g/mol. The Balaban J connectivity index is 1.59. The van der Waals surface area contributed by atoms with Crippen LogP contribution in [0.2, 0.25) is 0 Å². The van der Waals surface area contributed by atoms with Gasteiger partial charge in [-0.2, -0.15) is 0 Å². The predicted octanol–water partition coefficient (Wildman–Crippen LogP) is 7.33. The van der Waals surface area contributed by atoms with Crippen molar-refractivity contribution in [3.63, 3.8) is 0 Å². The van der Waals surface area contributed by atoms with Crippen LogP contribution in [0, 0.1) is 46.3 Å². The van der Waals surface area contributed by atoms with Crippen LogP contribution >= 0.6 is 0 Å². The van der Waals surface area contributed by atoms with Gasteiger partial charge in [0.25, 0.3) is 0 Å². The van der Waals surface area contributed by atoms with Crippen molar-refractivity contribution in [2.45, 2.75) is 92.6 Å². The third-order valence-electron chi connectivity index (χ3n) is 9.94. The fourth-order valence-corrected chi connectivity index (χ4v) is 7.48. The number of aliphatic hydroxyl groups excluding tert-OH is 1. The number of allylic oxidation sites excluding steroid dienone is 6. The molecule has 4 aliphatic carbocycles. The molecule has 0 aromatic heterocycles. The van der Waals surface area contributed by atoms with Gasteiger partial charge in [-0.05, 0) is 96.9 Å². The van der Waals surface area contributed by atoms with E-state index in [0.29, 0.717) is 34.5 Å². The number of aliphatic hydroxyl groups is 1. The van der Waals surface area contributed by atoms with Crippen molar-refractivity contribution in [1.29, 1.82) is 0 Å². The molecule has 2 unspecified atom stereocenters. The zero-order valence-electron chi connectivity index (χ0n) is 19.7. The lowest BCUT2D eigenvalue weighted by Gasteiger charge is -2.56. The van der Waals surface area contributed by atoms with Crippen LogP contribution in [0.3, 0.4) is 0 Å². The molecule has 1 heteroatoms. The van der Waals surface area contributed by atoms with Gasteiger partial charge in [0.05, 0.1) is 6.10 Å². The van der Waals surface area contributed by atoms with Gasteiger partial charge in [-0.25, -0.2) is 0 Å². The van der Waals surface area contributed by atoms with Crippen molar-refractivity contribution in [2.24, 2.45) is 46.3 Å². The molecular formula is C28H44O. The number of rotatable bonds is 4. The topological polar surface area (TPSA) is 20.2 Å². The van der Waals surface area contributed by atoms with E-state index in [2.05, 4.69) is 65.8 Å². The summed E-state index contributed by atoms with van der Waals surface area (Å²) in [5, 5.41) is 10.2. The summed E-state index contributed by atoms with van der Waals surface area (Å²) in [6.45, 7) is 14.5. The van der Waals surface area contributed by atoms with Crippen LogP contribution < -0.4 is 0 Å². The first-order valence-electron chi connectivity index (χ1n) is 12.4. The molecule has 4 rings (SSSR count). The molecule has 8 atom stereocenters. The van der Waals surface area contributed by atoms with Crippen molar-refractivity contribution in [3.05, 3.63) is 35.5 Å². The highest BCUT2D eigenvalue weighted by Crippen LogP contribution is 2.64. The van der Waals surface area contributed by atoms with Gasteiger partial charge >= 0.3 is 0 Å². The quantitative estimate of drug-likeness (QED) is 0.493. The first-order valence-corrected chi connectivity index (χ1v) is 12.4. The summed E-state index contributed by atoms with van der Waals surface area (Å²) < 4.78 is 0. The van der Waals surface area contributed by atoms with E-state index in [1.54, 1.807) is 11.1 Å². The Labute approximate surface area is 179 Å². The second kappa shape index (κ2) is 7.70. The molecule has 0 bridgehead atoms. The molecule has 0 heterocycles. The average molecular weight is 397 g/mol. The average Bonchev–Trinajstić information content (AvgIpc) is 3.03. The first-order chi connectivity index (χ1) is 13.7. The predicted molar refractivity (Wildman–Crippen MR) is 123 cm³/mol. The Morgan fingerprint density at radius 3 is 2.52 bits per heavy atom. The van der Waals surface area contributed by atoms with E-state index in [-0.39, 0.29) is 6.10 Å². The Kier molecular flexibility index (Phi) is 5.69. The largest absolute Gasteiger partial charge is 0.393 e. The highest BCUT2D eigenvalue weighted by molar-refractivity contribution is 5.44. The fraction of sp³-hybridized carbons (Fsp3) is 0.786. The van der Waals surface area contributed by atoms with E-state index in [4.69, 9.17) is 0 Å². The first kappa shape index (κ1) is 21.4. The molecule has 0 aliphatic heterocycles. The molecule has 0 aromatic rings. The molecule has 0 aromatic carbocycles. The highest BCUT2D eigenvalue weighted by atomic mass is 16.3. The number of hydrogen-bond acceptors (Lipinski definition) is 1. The molecule has 2 saturated carbocycles. The van der Waals surface area contributed by atoms with Crippen LogP contribution in [0.5, 0.6) is 0 Å². The van der Waals surface area contributed by atoms with Crippen molar-refractivity contribution >= 4 is 0 Å². The Morgan fingerprint density at radius 2 is 1.79 bits per heavy atom. The van der Waals surface area contributed by atoms with Gasteiger partial charge < -0.3 is 5.11 Å². The van der Waals surface area contributed by atoms with Gasteiger partial charge in [-0.3, -0.25) is 0 Å². The molecule has 162 valence electrons. The summed E-state index contributed by atoms with van der Waals surface area (Å²) in [5.74, 6) is 4.09. The molecule has 0 spiro atoms. The molecule has 1 nitrogen and oxygen atoms in total. The summed E-state index contributed by atoms with van der Waals surface area (Å²) in [5.41, 5.74) is 4.26. The van der Waals surface area contributed by atoms with Crippen LogP contribution in [0.4, 0.5) is 0 Å².